The number of rotatable bonds is 6. The largest absolute Gasteiger partial charge is 0.345 e. The Hall–Kier alpha value is -2.20. The Morgan fingerprint density at radius 3 is 2.45 bits per heavy atom. The fraction of sp³-hybridized carbons (Fsp3) is 0.278. The van der Waals surface area contributed by atoms with Gasteiger partial charge in [0, 0.05) is 5.56 Å². The number of quaternary nitrogens is 1. The summed E-state index contributed by atoms with van der Waals surface area (Å²) in [4.78, 5) is 13.0. The zero-order valence-corrected chi connectivity index (χ0v) is 13.0. The first-order valence-corrected chi connectivity index (χ1v) is 7.45. The van der Waals surface area contributed by atoms with Crippen LogP contribution in [-0.2, 0) is 11.3 Å². The minimum absolute atomic E-state index is 0.0324. The van der Waals surface area contributed by atoms with Gasteiger partial charge in [0.05, 0.1) is 13.1 Å². The van der Waals surface area contributed by atoms with Crippen molar-refractivity contribution in [2.75, 3.05) is 13.6 Å². The average Bonchev–Trinajstić information content (AvgIpc) is 2.50. The van der Waals surface area contributed by atoms with Gasteiger partial charge in [-0.2, -0.15) is 0 Å². The molecule has 1 unspecified atom stereocenters. The molecule has 2 aromatic carbocycles. The molecule has 0 aliphatic rings. The first-order valence-electron chi connectivity index (χ1n) is 7.45. The summed E-state index contributed by atoms with van der Waals surface area (Å²) in [6.45, 7) is 2.75. The Morgan fingerprint density at radius 1 is 1.14 bits per heavy atom. The predicted molar refractivity (Wildman–Crippen MR) is 84.9 cm³/mol. The van der Waals surface area contributed by atoms with E-state index in [9.17, 15) is 9.18 Å². The van der Waals surface area contributed by atoms with Crippen LogP contribution in [0.3, 0.4) is 0 Å². The van der Waals surface area contributed by atoms with Crippen molar-refractivity contribution in [2.45, 2.75) is 19.5 Å². The molecule has 4 heteroatoms. The summed E-state index contributed by atoms with van der Waals surface area (Å²) < 4.78 is 13.6. The third kappa shape index (κ3) is 4.67. The molecule has 2 atom stereocenters. The van der Waals surface area contributed by atoms with Crippen molar-refractivity contribution in [3.05, 3.63) is 71.5 Å². The molecule has 0 aromatic heterocycles. The van der Waals surface area contributed by atoms with Crippen molar-refractivity contribution in [1.82, 2.24) is 5.32 Å². The fourth-order valence-corrected chi connectivity index (χ4v) is 2.42. The normalized spacial score (nSPS) is 13.4. The van der Waals surface area contributed by atoms with Crippen LogP contribution in [0.4, 0.5) is 4.39 Å². The second-order valence-electron chi connectivity index (χ2n) is 5.60. The van der Waals surface area contributed by atoms with Crippen molar-refractivity contribution < 1.29 is 14.1 Å². The van der Waals surface area contributed by atoms with E-state index in [1.807, 2.05) is 50.4 Å². The van der Waals surface area contributed by atoms with Crippen molar-refractivity contribution in [3.63, 3.8) is 0 Å². The number of carbonyl (C=O) groups excluding carboxylic acids is 1. The number of hydrogen-bond donors (Lipinski definition) is 2. The SMILES string of the molecule is C[C@H](NC(=O)C[NH+](C)Cc1ccccc1F)c1ccccc1. The van der Waals surface area contributed by atoms with Crippen molar-refractivity contribution in [1.29, 1.82) is 0 Å². The van der Waals surface area contributed by atoms with Crippen LogP contribution in [0, 0.1) is 5.82 Å². The van der Waals surface area contributed by atoms with E-state index in [4.69, 9.17) is 0 Å². The van der Waals surface area contributed by atoms with Crippen molar-refractivity contribution >= 4 is 5.91 Å². The Labute approximate surface area is 130 Å². The molecule has 0 spiro atoms. The van der Waals surface area contributed by atoms with E-state index < -0.39 is 0 Å². The Kier molecular flexibility index (Phi) is 5.67. The summed E-state index contributed by atoms with van der Waals surface area (Å²) in [7, 11) is 1.89. The number of halogens is 1. The summed E-state index contributed by atoms with van der Waals surface area (Å²) >= 11 is 0. The van der Waals surface area contributed by atoms with E-state index >= 15 is 0 Å². The maximum absolute atomic E-state index is 13.6. The number of carbonyl (C=O) groups is 1. The zero-order chi connectivity index (χ0) is 15.9. The molecule has 1 amide bonds. The van der Waals surface area contributed by atoms with Crippen LogP contribution in [0.25, 0.3) is 0 Å². The first-order chi connectivity index (χ1) is 10.6. The highest BCUT2D eigenvalue weighted by molar-refractivity contribution is 5.77. The van der Waals surface area contributed by atoms with Crippen molar-refractivity contribution in [2.24, 2.45) is 0 Å². The predicted octanol–water partition coefficient (Wildman–Crippen LogP) is 1.72. The number of likely N-dealkylation sites (N-methyl/N-ethyl adjacent to an activating group) is 1. The molecule has 116 valence electrons. The van der Waals surface area contributed by atoms with Crippen LogP contribution in [0.5, 0.6) is 0 Å². The van der Waals surface area contributed by atoms with E-state index in [-0.39, 0.29) is 17.8 Å². The van der Waals surface area contributed by atoms with E-state index in [0.29, 0.717) is 18.7 Å². The van der Waals surface area contributed by atoms with Gasteiger partial charge in [0.15, 0.2) is 6.54 Å². The molecular formula is C18H22FN2O+. The van der Waals surface area contributed by atoms with Gasteiger partial charge >= 0.3 is 0 Å². The molecule has 0 aliphatic heterocycles. The maximum Gasteiger partial charge on any atom is 0.275 e. The summed E-state index contributed by atoms with van der Waals surface area (Å²) in [5.74, 6) is -0.259. The highest BCUT2D eigenvalue weighted by Crippen LogP contribution is 2.10. The van der Waals surface area contributed by atoms with Crippen molar-refractivity contribution in [3.8, 4) is 0 Å². The number of nitrogens with one attached hydrogen (secondary N) is 2. The van der Waals surface area contributed by atoms with Gasteiger partial charge in [0.25, 0.3) is 5.91 Å². The number of amides is 1. The Balaban J connectivity index is 1.85. The molecule has 0 saturated carbocycles. The van der Waals surface area contributed by atoms with Gasteiger partial charge in [-0.15, -0.1) is 0 Å². The van der Waals surface area contributed by atoms with Gasteiger partial charge in [0.2, 0.25) is 0 Å². The molecule has 2 aromatic rings. The molecule has 0 radical (unpaired) electrons. The quantitative estimate of drug-likeness (QED) is 0.837. The summed E-state index contributed by atoms with van der Waals surface area (Å²) in [5, 5.41) is 2.97. The van der Waals surface area contributed by atoms with Crippen LogP contribution in [0.1, 0.15) is 24.1 Å². The second-order valence-corrected chi connectivity index (χ2v) is 5.60. The van der Waals surface area contributed by atoms with E-state index in [2.05, 4.69) is 5.32 Å². The third-order valence-corrected chi connectivity index (χ3v) is 3.59. The van der Waals surface area contributed by atoms with Gasteiger partial charge in [-0.25, -0.2) is 4.39 Å². The maximum atomic E-state index is 13.6. The van der Waals surface area contributed by atoms with Gasteiger partial charge in [0.1, 0.15) is 12.4 Å². The van der Waals surface area contributed by atoms with Crippen LogP contribution in [0.2, 0.25) is 0 Å². The molecule has 0 fully saturated rings. The lowest BCUT2D eigenvalue weighted by molar-refractivity contribution is -0.885. The Bertz CT molecular complexity index is 615. The van der Waals surface area contributed by atoms with Gasteiger partial charge in [-0.3, -0.25) is 4.79 Å². The highest BCUT2D eigenvalue weighted by Gasteiger charge is 2.15. The lowest BCUT2D eigenvalue weighted by atomic mass is 10.1. The molecule has 3 nitrogen and oxygen atoms in total. The number of hydrogen-bond acceptors (Lipinski definition) is 1. The fourth-order valence-electron chi connectivity index (χ4n) is 2.42. The summed E-state index contributed by atoms with van der Waals surface area (Å²) in [6, 6.07) is 16.5. The number of benzene rings is 2. The molecular weight excluding hydrogens is 279 g/mol. The van der Waals surface area contributed by atoms with Crippen LogP contribution in [0.15, 0.2) is 54.6 Å². The topological polar surface area (TPSA) is 33.5 Å². The van der Waals surface area contributed by atoms with Crippen LogP contribution >= 0.6 is 0 Å². The smallest absolute Gasteiger partial charge is 0.275 e. The van der Waals surface area contributed by atoms with Gasteiger partial charge < -0.3 is 10.2 Å². The summed E-state index contributed by atoms with van der Waals surface area (Å²) in [5.41, 5.74) is 1.70. The molecule has 0 saturated heterocycles. The van der Waals surface area contributed by atoms with Crippen LogP contribution < -0.4 is 10.2 Å². The molecule has 2 rings (SSSR count). The third-order valence-electron chi connectivity index (χ3n) is 3.59. The lowest BCUT2D eigenvalue weighted by Crippen LogP contribution is -3.09. The van der Waals surface area contributed by atoms with Crippen LogP contribution in [-0.4, -0.2) is 19.5 Å². The molecule has 0 aliphatic carbocycles. The molecule has 22 heavy (non-hydrogen) atoms. The average molecular weight is 301 g/mol. The van der Waals surface area contributed by atoms with Gasteiger partial charge in [-0.05, 0) is 18.6 Å². The minimum atomic E-state index is -0.222. The molecule has 2 N–H and O–H groups in total. The highest BCUT2D eigenvalue weighted by atomic mass is 19.1. The zero-order valence-electron chi connectivity index (χ0n) is 13.0. The molecule has 0 bridgehead atoms. The summed E-state index contributed by atoms with van der Waals surface area (Å²) in [6.07, 6.45) is 0. The minimum Gasteiger partial charge on any atom is -0.345 e. The second kappa shape index (κ2) is 7.71. The van der Waals surface area contributed by atoms with E-state index in [1.165, 1.54) is 6.07 Å². The monoisotopic (exact) mass is 301 g/mol. The van der Waals surface area contributed by atoms with E-state index in [1.54, 1.807) is 12.1 Å². The Morgan fingerprint density at radius 2 is 1.77 bits per heavy atom. The van der Waals surface area contributed by atoms with E-state index in [0.717, 1.165) is 10.5 Å². The lowest BCUT2D eigenvalue weighted by Gasteiger charge is -2.17. The standard InChI is InChI=1S/C18H21FN2O/c1-14(15-8-4-3-5-9-15)20-18(22)13-21(2)12-16-10-6-7-11-17(16)19/h3-11,14H,12-13H2,1-2H3,(H,20,22)/p+1/t14-/m0/s1. The molecule has 0 heterocycles. The van der Waals surface area contributed by atoms with Gasteiger partial charge in [-0.1, -0.05) is 48.5 Å². The first kappa shape index (κ1) is 16.2.